The maximum Gasteiger partial charge on any atom is 0.341 e. The summed E-state index contributed by atoms with van der Waals surface area (Å²) in [7, 11) is 0. The molecule has 0 saturated heterocycles. The number of hydrogen-bond acceptors (Lipinski definition) is 5. The lowest BCUT2D eigenvalue weighted by Gasteiger charge is -2.04. The molecule has 0 bridgehead atoms. The van der Waals surface area contributed by atoms with Crippen LogP contribution in [0.3, 0.4) is 0 Å². The van der Waals surface area contributed by atoms with E-state index in [2.05, 4.69) is 5.32 Å². The maximum absolute atomic E-state index is 12.2. The Kier molecular flexibility index (Phi) is 3.55. The van der Waals surface area contributed by atoms with E-state index in [4.69, 9.17) is 9.47 Å². The summed E-state index contributed by atoms with van der Waals surface area (Å²) in [6.07, 6.45) is 0.868. The van der Waals surface area contributed by atoms with Crippen LogP contribution in [0.2, 0.25) is 0 Å². The first-order chi connectivity index (χ1) is 10.1. The van der Waals surface area contributed by atoms with Crippen LogP contribution in [0.1, 0.15) is 29.8 Å². The minimum Gasteiger partial charge on any atom is -0.491 e. The van der Waals surface area contributed by atoms with Crippen LogP contribution in [-0.4, -0.2) is 25.1 Å². The van der Waals surface area contributed by atoms with Gasteiger partial charge in [0.25, 0.3) is 0 Å². The Morgan fingerprint density at radius 1 is 1.43 bits per heavy atom. The van der Waals surface area contributed by atoms with Crippen molar-refractivity contribution in [3.63, 3.8) is 0 Å². The molecule has 1 aromatic heterocycles. The van der Waals surface area contributed by atoms with E-state index in [0.717, 1.165) is 27.8 Å². The van der Waals surface area contributed by atoms with E-state index in [-0.39, 0.29) is 12.5 Å². The number of ether oxygens (including phenoxy) is 2. The van der Waals surface area contributed by atoms with Crippen molar-refractivity contribution < 1.29 is 19.1 Å². The van der Waals surface area contributed by atoms with Gasteiger partial charge in [-0.2, -0.15) is 0 Å². The fraction of sp³-hybridized carbons (Fsp3) is 0.333. The Balaban J connectivity index is 2.21. The molecule has 0 atom stereocenters. The minimum absolute atomic E-state index is 0.218. The summed E-state index contributed by atoms with van der Waals surface area (Å²) in [4.78, 5) is 23.6. The number of esters is 1. The molecule has 110 valence electrons. The quantitative estimate of drug-likeness (QED) is 0.885. The zero-order valence-corrected chi connectivity index (χ0v) is 12.6. The first-order valence-electron chi connectivity index (χ1n) is 6.77. The smallest absolute Gasteiger partial charge is 0.341 e. The van der Waals surface area contributed by atoms with Crippen LogP contribution in [0.15, 0.2) is 12.1 Å². The van der Waals surface area contributed by atoms with Crippen LogP contribution < -0.4 is 10.1 Å². The Morgan fingerprint density at radius 3 is 2.95 bits per heavy atom. The number of amides is 1. The van der Waals surface area contributed by atoms with Gasteiger partial charge in [0, 0.05) is 18.7 Å². The number of anilines is 1. The molecular formula is C15H15NO4S. The van der Waals surface area contributed by atoms with Crippen LogP contribution in [0.4, 0.5) is 5.00 Å². The largest absolute Gasteiger partial charge is 0.491 e. The molecule has 0 spiro atoms. The van der Waals surface area contributed by atoms with Crippen molar-refractivity contribution in [3.05, 3.63) is 23.3 Å². The summed E-state index contributed by atoms with van der Waals surface area (Å²) < 4.78 is 11.7. The third-order valence-corrected chi connectivity index (χ3v) is 4.40. The van der Waals surface area contributed by atoms with Gasteiger partial charge >= 0.3 is 5.97 Å². The molecule has 2 aromatic rings. The van der Waals surface area contributed by atoms with Crippen LogP contribution >= 0.6 is 11.3 Å². The highest BCUT2D eigenvalue weighted by atomic mass is 32.1. The summed E-state index contributed by atoms with van der Waals surface area (Å²) in [5.74, 6) is 0.176. The number of rotatable bonds is 3. The predicted octanol–water partition coefficient (Wildman–Crippen LogP) is 2.97. The van der Waals surface area contributed by atoms with E-state index in [1.165, 1.54) is 18.3 Å². The fourth-order valence-electron chi connectivity index (χ4n) is 2.45. The number of carbonyl (C=O) groups excluding carboxylic acids is 2. The first kappa shape index (κ1) is 13.9. The van der Waals surface area contributed by atoms with Crippen molar-refractivity contribution in [1.82, 2.24) is 0 Å². The lowest BCUT2D eigenvalue weighted by Crippen LogP contribution is -2.10. The van der Waals surface area contributed by atoms with Gasteiger partial charge < -0.3 is 14.8 Å². The number of carbonyl (C=O) groups is 2. The fourth-order valence-corrected chi connectivity index (χ4v) is 3.71. The minimum atomic E-state index is -0.426. The van der Waals surface area contributed by atoms with E-state index in [0.29, 0.717) is 17.2 Å². The second-order valence-corrected chi connectivity index (χ2v) is 5.76. The van der Waals surface area contributed by atoms with Crippen LogP contribution in [0.25, 0.3) is 10.1 Å². The average molecular weight is 305 g/mol. The SMILES string of the molecule is CCOC(=O)c1c(NC(C)=O)sc2c3c(ccc12)CCO3. The maximum atomic E-state index is 12.2. The Hall–Kier alpha value is -2.08. The molecule has 21 heavy (non-hydrogen) atoms. The number of thiophene rings is 1. The van der Waals surface area contributed by atoms with Crippen molar-refractivity contribution >= 4 is 38.3 Å². The number of hydrogen-bond donors (Lipinski definition) is 1. The third kappa shape index (κ3) is 2.35. The highest BCUT2D eigenvalue weighted by molar-refractivity contribution is 7.24. The number of benzene rings is 1. The van der Waals surface area contributed by atoms with Crippen molar-refractivity contribution in [3.8, 4) is 5.75 Å². The highest BCUT2D eigenvalue weighted by Crippen LogP contribution is 2.44. The van der Waals surface area contributed by atoms with E-state index < -0.39 is 5.97 Å². The molecule has 1 aliphatic rings. The first-order valence-corrected chi connectivity index (χ1v) is 7.59. The van der Waals surface area contributed by atoms with E-state index in [1.54, 1.807) is 6.92 Å². The molecule has 0 saturated carbocycles. The van der Waals surface area contributed by atoms with Gasteiger partial charge in [-0.1, -0.05) is 12.1 Å². The van der Waals surface area contributed by atoms with Crippen LogP contribution in [0.5, 0.6) is 5.75 Å². The summed E-state index contributed by atoms with van der Waals surface area (Å²) in [5, 5.41) is 4.00. The van der Waals surface area contributed by atoms with Gasteiger partial charge in [0.1, 0.15) is 16.3 Å². The molecule has 0 radical (unpaired) electrons. The van der Waals surface area contributed by atoms with Crippen molar-refractivity contribution in [2.24, 2.45) is 0 Å². The summed E-state index contributed by atoms with van der Waals surface area (Å²) in [6, 6.07) is 3.87. The molecule has 6 heteroatoms. The number of fused-ring (bicyclic) bond motifs is 3. The summed E-state index contributed by atoms with van der Waals surface area (Å²) in [5.41, 5.74) is 1.54. The standard InChI is InChI=1S/C15H15NO4S/c1-3-19-15(18)11-10-5-4-9-6-7-20-12(9)13(10)21-14(11)16-8(2)17/h4-5H,3,6-7H2,1-2H3,(H,16,17). The van der Waals surface area contributed by atoms with Crippen LogP contribution in [0, 0.1) is 0 Å². The van der Waals surface area contributed by atoms with E-state index in [9.17, 15) is 9.59 Å². The zero-order chi connectivity index (χ0) is 15.0. The normalized spacial score (nSPS) is 12.9. The monoisotopic (exact) mass is 305 g/mol. The topological polar surface area (TPSA) is 64.6 Å². The van der Waals surface area contributed by atoms with Gasteiger partial charge in [-0.05, 0) is 12.5 Å². The van der Waals surface area contributed by atoms with E-state index in [1.807, 2.05) is 12.1 Å². The molecule has 2 heterocycles. The second-order valence-electron chi connectivity index (χ2n) is 4.74. The molecular weight excluding hydrogens is 290 g/mol. The molecule has 3 rings (SSSR count). The molecule has 0 fully saturated rings. The van der Waals surface area contributed by atoms with Gasteiger partial charge in [-0.15, -0.1) is 11.3 Å². The summed E-state index contributed by atoms with van der Waals surface area (Å²) in [6.45, 7) is 4.11. The average Bonchev–Trinajstić information content (AvgIpc) is 3.00. The summed E-state index contributed by atoms with van der Waals surface area (Å²) >= 11 is 1.35. The highest BCUT2D eigenvalue weighted by Gasteiger charge is 2.25. The lowest BCUT2D eigenvalue weighted by atomic mass is 10.1. The van der Waals surface area contributed by atoms with Gasteiger partial charge in [0.15, 0.2) is 0 Å². The van der Waals surface area contributed by atoms with Crippen LogP contribution in [-0.2, 0) is 16.0 Å². The van der Waals surface area contributed by atoms with Gasteiger partial charge in [-0.25, -0.2) is 4.79 Å². The Bertz CT molecular complexity index is 735. The zero-order valence-electron chi connectivity index (χ0n) is 11.8. The molecule has 1 amide bonds. The van der Waals surface area contributed by atoms with Crippen molar-refractivity contribution in [2.45, 2.75) is 20.3 Å². The predicted molar refractivity (Wildman–Crippen MR) is 81.3 cm³/mol. The Morgan fingerprint density at radius 2 is 2.24 bits per heavy atom. The third-order valence-electron chi connectivity index (χ3n) is 3.28. The van der Waals surface area contributed by atoms with Gasteiger partial charge in [0.2, 0.25) is 5.91 Å². The molecule has 0 unspecified atom stereocenters. The van der Waals surface area contributed by atoms with Gasteiger partial charge in [0.05, 0.1) is 17.9 Å². The molecule has 1 aromatic carbocycles. The van der Waals surface area contributed by atoms with Gasteiger partial charge in [-0.3, -0.25) is 4.79 Å². The molecule has 0 aliphatic carbocycles. The lowest BCUT2D eigenvalue weighted by molar-refractivity contribution is -0.114. The van der Waals surface area contributed by atoms with Crippen molar-refractivity contribution in [2.75, 3.05) is 18.5 Å². The van der Waals surface area contributed by atoms with E-state index >= 15 is 0 Å². The second kappa shape index (κ2) is 5.37. The Labute approximate surface area is 125 Å². The number of nitrogens with one attached hydrogen (secondary N) is 1. The molecule has 1 aliphatic heterocycles. The molecule has 1 N–H and O–H groups in total. The van der Waals surface area contributed by atoms with Crippen molar-refractivity contribution in [1.29, 1.82) is 0 Å². The molecule has 5 nitrogen and oxygen atoms in total.